The minimum absolute atomic E-state index is 0.109. The average Bonchev–Trinajstić information content (AvgIpc) is 3.02. The predicted molar refractivity (Wildman–Crippen MR) is 93.0 cm³/mol. The number of amides is 1. The molecule has 9 nitrogen and oxygen atoms in total. The Bertz CT molecular complexity index is 807. The second-order valence-electron chi connectivity index (χ2n) is 5.50. The Hall–Kier alpha value is -3.45. The number of rotatable bonds is 6. The molecule has 2 rings (SSSR count). The standard InChI is InChI=1S/C17H21N3O4.CO2/c1-12-9-18-20(10-13-5-7-14(23-3)8-6-13)16(12)17(22)19(2)11-15(21)24-4;2-1-3/h5-9H,10-11H2,1-4H3;. The molecule has 0 unspecified atom stereocenters. The Balaban J connectivity index is 0.00000114. The van der Waals surface area contributed by atoms with Crippen molar-refractivity contribution in [3.05, 3.63) is 47.3 Å². The molecule has 1 aromatic heterocycles. The zero-order chi connectivity index (χ0) is 20.4. The predicted octanol–water partition coefficient (Wildman–Crippen LogP) is 0.910. The molecule has 0 spiro atoms. The molecule has 144 valence electrons. The van der Waals surface area contributed by atoms with Gasteiger partial charge >= 0.3 is 12.1 Å². The van der Waals surface area contributed by atoms with E-state index in [1.807, 2.05) is 31.2 Å². The first-order valence-electron chi connectivity index (χ1n) is 7.84. The second kappa shape index (κ2) is 10.5. The number of hydrogen-bond donors (Lipinski definition) is 0. The summed E-state index contributed by atoms with van der Waals surface area (Å²) in [6.07, 6.45) is 1.89. The van der Waals surface area contributed by atoms with Crippen LogP contribution in [0, 0.1) is 6.92 Å². The van der Waals surface area contributed by atoms with Crippen molar-refractivity contribution in [3.8, 4) is 5.75 Å². The van der Waals surface area contributed by atoms with Gasteiger partial charge in [0, 0.05) is 12.6 Å². The summed E-state index contributed by atoms with van der Waals surface area (Å²) >= 11 is 0. The fourth-order valence-electron chi connectivity index (χ4n) is 2.29. The fraction of sp³-hybridized carbons (Fsp3) is 0.333. The summed E-state index contributed by atoms with van der Waals surface area (Å²) in [5, 5.41) is 4.28. The molecule has 0 aliphatic rings. The molecule has 0 saturated carbocycles. The van der Waals surface area contributed by atoms with Gasteiger partial charge in [0.25, 0.3) is 5.91 Å². The minimum Gasteiger partial charge on any atom is -0.497 e. The van der Waals surface area contributed by atoms with Crippen molar-refractivity contribution >= 4 is 18.0 Å². The van der Waals surface area contributed by atoms with Crippen LogP contribution in [-0.4, -0.2) is 60.5 Å². The maximum absolute atomic E-state index is 12.6. The third kappa shape index (κ3) is 6.09. The maximum Gasteiger partial charge on any atom is 0.373 e. The van der Waals surface area contributed by atoms with Crippen LogP contribution in [0.3, 0.4) is 0 Å². The Morgan fingerprint density at radius 1 is 1.19 bits per heavy atom. The first-order valence-corrected chi connectivity index (χ1v) is 7.84. The molecule has 0 atom stereocenters. The zero-order valence-electron chi connectivity index (χ0n) is 15.6. The van der Waals surface area contributed by atoms with Crippen molar-refractivity contribution < 1.29 is 28.7 Å². The summed E-state index contributed by atoms with van der Waals surface area (Å²) in [4.78, 5) is 41.6. The number of aryl methyl sites for hydroxylation is 1. The van der Waals surface area contributed by atoms with Gasteiger partial charge in [0.1, 0.15) is 18.0 Å². The number of methoxy groups -OCH3 is 2. The van der Waals surface area contributed by atoms with Crippen LogP contribution in [0.4, 0.5) is 0 Å². The molecule has 1 amide bonds. The van der Waals surface area contributed by atoms with Crippen molar-refractivity contribution in [2.75, 3.05) is 27.8 Å². The molecule has 0 N–H and O–H groups in total. The average molecular weight is 375 g/mol. The van der Waals surface area contributed by atoms with Crippen molar-refractivity contribution in [1.29, 1.82) is 0 Å². The molecule has 9 heteroatoms. The van der Waals surface area contributed by atoms with Crippen LogP contribution < -0.4 is 4.74 Å². The molecule has 1 aromatic carbocycles. The van der Waals surface area contributed by atoms with E-state index in [2.05, 4.69) is 9.84 Å². The van der Waals surface area contributed by atoms with Gasteiger partial charge in [-0.2, -0.15) is 14.7 Å². The lowest BCUT2D eigenvalue weighted by atomic mass is 10.2. The van der Waals surface area contributed by atoms with Crippen molar-refractivity contribution in [2.45, 2.75) is 13.5 Å². The van der Waals surface area contributed by atoms with Crippen molar-refractivity contribution in [3.63, 3.8) is 0 Å². The van der Waals surface area contributed by atoms with E-state index in [-0.39, 0.29) is 18.6 Å². The number of benzene rings is 1. The number of carbonyl (C=O) groups is 2. The van der Waals surface area contributed by atoms with Gasteiger partial charge in [0.2, 0.25) is 0 Å². The van der Waals surface area contributed by atoms with E-state index in [4.69, 9.17) is 14.3 Å². The van der Waals surface area contributed by atoms with Crippen LogP contribution in [0.1, 0.15) is 21.6 Å². The molecule has 0 aliphatic carbocycles. The van der Waals surface area contributed by atoms with Crippen LogP contribution >= 0.6 is 0 Å². The minimum atomic E-state index is -0.468. The third-order valence-corrected chi connectivity index (χ3v) is 3.66. The maximum atomic E-state index is 12.6. The highest BCUT2D eigenvalue weighted by Crippen LogP contribution is 2.15. The Morgan fingerprint density at radius 3 is 2.30 bits per heavy atom. The highest BCUT2D eigenvalue weighted by Gasteiger charge is 2.21. The number of esters is 1. The topological polar surface area (TPSA) is 108 Å². The van der Waals surface area contributed by atoms with Gasteiger partial charge in [-0.1, -0.05) is 12.1 Å². The Labute approximate surface area is 156 Å². The summed E-state index contributed by atoms with van der Waals surface area (Å²) in [5.41, 5.74) is 2.20. The van der Waals surface area contributed by atoms with Gasteiger partial charge in [-0.05, 0) is 24.6 Å². The first-order chi connectivity index (χ1) is 12.9. The normalized spacial score (nSPS) is 9.48. The smallest absolute Gasteiger partial charge is 0.373 e. The number of aromatic nitrogens is 2. The lowest BCUT2D eigenvalue weighted by molar-refractivity contribution is -0.191. The van der Waals surface area contributed by atoms with Crippen LogP contribution in [0.15, 0.2) is 30.5 Å². The number of carbonyl (C=O) groups excluding carboxylic acids is 4. The molecular weight excluding hydrogens is 354 g/mol. The summed E-state index contributed by atoms with van der Waals surface area (Å²) < 4.78 is 11.4. The zero-order valence-corrected chi connectivity index (χ0v) is 15.6. The van der Waals surface area contributed by atoms with Crippen molar-refractivity contribution in [2.24, 2.45) is 0 Å². The van der Waals surface area contributed by atoms with Crippen LogP contribution in [-0.2, 0) is 25.7 Å². The number of hydrogen-bond acceptors (Lipinski definition) is 7. The van der Waals surface area contributed by atoms with Crippen molar-refractivity contribution in [1.82, 2.24) is 14.7 Å². The van der Waals surface area contributed by atoms with E-state index in [0.717, 1.165) is 16.9 Å². The van der Waals surface area contributed by atoms with Gasteiger partial charge in [0.05, 0.1) is 27.0 Å². The van der Waals surface area contributed by atoms with Crippen LogP contribution in [0.5, 0.6) is 5.75 Å². The Morgan fingerprint density at radius 2 is 1.78 bits per heavy atom. The third-order valence-electron chi connectivity index (χ3n) is 3.66. The SMILES string of the molecule is COC(=O)CN(C)C(=O)c1c(C)cnn1Cc1ccc(OC)cc1.O=C=O. The van der Waals surface area contributed by atoms with E-state index >= 15 is 0 Å². The first kappa shape index (κ1) is 21.6. The van der Waals surface area contributed by atoms with E-state index in [1.165, 1.54) is 12.0 Å². The summed E-state index contributed by atoms with van der Waals surface area (Å²) in [7, 11) is 4.46. The monoisotopic (exact) mass is 375 g/mol. The molecule has 0 bridgehead atoms. The molecule has 0 fully saturated rings. The number of ether oxygens (including phenoxy) is 2. The molecule has 27 heavy (non-hydrogen) atoms. The molecular formula is C18H21N3O6. The number of likely N-dealkylation sites (N-methyl/N-ethyl adjacent to an activating group) is 1. The van der Waals surface area contributed by atoms with E-state index in [1.54, 1.807) is 25.0 Å². The van der Waals surface area contributed by atoms with Crippen LogP contribution in [0.25, 0.3) is 0 Å². The lowest BCUT2D eigenvalue weighted by Crippen LogP contribution is -2.34. The Kier molecular flexibility index (Phi) is 8.41. The van der Waals surface area contributed by atoms with Gasteiger partial charge in [0.15, 0.2) is 0 Å². The van der Waals surface area contributed by atoms with E-state index in [0.29, 0.717) is 12.2 Å². The molecule has 0 saturated heterocycles. The van der Waals surface area contributed by atoms with Crippen LogP contribution in [0.2, 0.25) is 0 Å². The second-order valence-corrected chi connectivity index (χ2v) is 5.50. The summed E-state index contributed by atoms with van der Waals surface area (Å²) in [6.45, 7) is 2.16. The molecule has 1 heterocycles. The molecule has 2 aromatic rings. The lowest BCUT2D eigenvalue weighted by Gasteiger charge is -2.17. The highest BCUT2D eigenvalue weighted by molar-refractivity contribution is 5.95. The molecule has 0 radical (unpaired) electrons. The largest absolute Gasteiger partial charge is 0.497 e. The van der Waals surface area contributed by atoms with Gasteiger partial charge < -0.3 is 14.4 Å². The van der Waals surface area contributed by atoms with E-state index < -0.39 is 5.97 Å². The summed E-state index contributed by atoms with van der Waals surface area (Å²) in [5.74, 6) is 0.0261. The highest BCUT2D eigenvalue weighted by atomic mass is 16.5. The van der Waals surface area contributed by atoms with Gasteiger partial charge in [-0.15, -0.1) is 0 Å². The molecule has 0 aliphatic heterocycles. The fourth-order valence-corrected chi connectivity index (χ4v) is 2.29. The quantitative estimate of drug-likeness (QED) is 0.691. The van der Waals surface area contributed by atoms with Gasteiger partial charge in [-0.25, -0.2) is 0 Å². The number of nitrogens with zero attached hydrogens (tertiary/aromatic N) is 3. The summed E-state index contributed by atoms with van der Waals surface area (Å²) in [6, 6.07) is 7.55. The van der Waals surface area contributed by atoms with Gasteiger partial charge in [-0.3, -0.25) is 14.3 Å². The van der Waals surface area contributed by atoms with E-state index in [9.17, 15) is 9.59 Å².